The molecule has 0 saturated heterocycles. The molecule has 4 aromatic rings. The van der Waals surface area contributed by atoms with Crippen LogP contribution in [0, 0.1) is 0 Å². The van der Waals surface area contributed by atoms with Gasteiger partial charge in [0.25, 0.3) is 5.89 Å². The predicted molar refractivity (Wildman–Crippen MR) is 99.4 cm³/mol. The highest BCUT2D eigenvalue weighted by Crippen LogP contribution is 2.20. The van der Waals surface area contributed by atoms with Crippen LogP contribution in [-0.2, 0) is 6.42 Å². The van der Waals surface area contributed by atoms with Gasteiger partial charge in [-0.2, -0.15) is 4.98 Å². The molecule has 0 unspecified atom stereocenters. The Morgan fingerprint density at radius 1 is 0.808 bits per heavy atom. The van der Waals surface area contributed by atoms with Crippen LogP contribution in [0.25, 0.3) is 23.0 Å². The first-order chi connectivity index (χ1) is 12.9. The van der Waals surface area contributed by atoms with Gasteiger partial charge in [-0.3, -0.25) is 0 Å². The Balaban J connectivity index is 1.39. The molecule has 128 valence electrons. The van der Waals surface area contributed by atoms with E-state index in [1.54, 1.807) is 0 Å². The van der Waals surface area contributed by atoms with Crippen LogP contribution < -0.4 is 5.32 Å². The highest BCUT2D eigenvalue weighted by atomic mass is 16.5. The van der Waals surface area contributed by atoms with Gasteiger partial charge in [0.05, 0.1) is 0 Å². The van der Waals surface area contributed by atoms with Crippen molar-refractivity contribution in [1.29, 1.82) is 0 Å². The van der Waals surface area contributed by atoms with Crippen LogP contribution in [0.15, 0.2) is 77.3 Å². The van der Waals surface area contributed by atoms with E-state index in [1.165, 1.54) is 5.56 Å². The molecule has 0 radical (unpaired) electrons. The zero-order chi connectivity index (χ0) is 17.6. The van der Waals surface area contributed by atoms with Crippen molar-refractivity contribution >= 4 is 5.82 Å². The van der Waals surface area contributed by atoms with Crippen LogP contribution in [0.5, 0.6) is 0 Å². The first-order valence-corrected chi connectivity index (χ1v) is 8.39. The molecule has 26 heavy (non-hydrogen) atoms. The van der Waals surface area contributed by atoms with Gasteiger partial charge in [0.15, 0.2) is 5.69 Å². The summed E-state index contributed by atoms with van der Waals surface area (Å²) in [5.41, 5.74) is 2.73. The van der Waals surface area contributed by atoms with E-state index in [9.17, 15) is 0 Å². The molecule has 2 aromatic carbocycles. The smallest absolute Gasteiger partial charge is 0.278 e. The monoisotopic (exact) mass is 343 g/mol. The molecular formula is C20H17N5O. The normalized spacial score (nSPS) is 10.6. The number of anilines is 1. The van der Waals surface area contributed by atoms with Gasteiger partial charge >= 0.3 is 0 Å². The molecule has 0 spiro atoms. The molecule has 0 aliphatic rings. The fourth-order valence-corrected chi connectivity index (χ4v) is 2.55. The fourth-order valence-electron chi connectivity index (χ4n) is 2.55. The van der Waals surface area contributed by atoms with Crippen molar-refractivity contribution in [2.24, 2.45) is 0 Å². The van der Waals surface area contributed by atoms with Crippen molar-refractivity contribution < 1.29 is 4.52 Å². The van der Waals surface area contributed by atoms with Gasteiger partial charge in [-0.05, 0) is 24.1 Å². The second-order valence-electron chi connectivity index (χ2n) is 5.76. The van der Waals surface area contributed by atoms with Gasteiger partial charge < -0.3 is 9.84 Å². The zero-order valence-electron chi connectivity index (χ0n) is 14.0. The topological polar surface area (TPSA) is 76.7 Å². The molecule has 0 amide bonds. The van der Waals surface area contributed by atoms with Crippen LogP contribution in [0.3, 0.4) is 0 Å². The first-order valence-electron chi connectivity index (χ1n) is 8.39. The largest absolute Gasteiger partial charge is 0.368 e. The third-order valence-corrected chi connectivity index (χ3v) is 3.90. The number of aromatic nitrogens is 4. The molecule has 0 aliphatic carbocycles. The number of rotatable bonds is 6. The summed E-state index contributed by atoms with van der Waals surface area (Å²) in [5.74, 6) is 1.60. The maximum Gasteiger partial charge on any atom is 0.278 e. The molecule has 2 heterocycles. The number of benzene rings is 2. The van der Waals surface area contributed by atoms with Gasteiger partial charge in [-0.25, -0.2) is 0 Å². The number of hydrogen-bond acceptors (Lipinski definition) is 6. The van der Waals surface area contributed by atoms with E-state index in [-0.39, 0.29) is 0 Å². The van der Waals surface area contributed by atoms with Crippen LogP contribution in [0.4, 0.5) is 5.82 Å². The number of nitrogens with one attached hydrogen (secondary N) is 1. The quantitative estimate of drug-likeness (QED) is 0.573. The Kier molecular flexibility index (Phi) is 4.64. The lowest BCUT2D eigenvalue weighted by atomic mass is 10.1. The molecule has 0 saturated carbocycles. The second-order valence-corrected chi connectivity index (χ2v) is 5.76. The van der Waals surface area contributed by atoms with Gasteiger partial charge in [0.1, 0.15) is 5.82 Å². The fraction of sp³-hybridized carbons (Fsp3) is 0.100. The lowest BCUT2D eigenvalue weighted by Gasteiger charge is -2.05. The predicted octanol–water partition coefficient (Wildman–Crippen LogP) is 3.85. The highest BCUT2D eigenvalue weighted by Gasteiger charge is 2.12. The minimum atomic E-state index is 0.354. The van der Waals surface area contributed by atoms with Crippen molar-refractivity contribution in [1.82, 2.24) is 20.3 Å². The summed E-state index contributed by atoms with van der Waals surface area (Å²) in [5, 5.41) is 15.6. The third kappa shape index (κ3) is 3.75. The maximum atomic E-state index is 5.30. The molecular weight excluding hydrogens is 326 g/mol. The van der Waals surface area contributed by atoms with E-state index in [2.05, 4.69) is 37.8 Å². The summed E-state index contributed by atoms with van der Waals surface area (Å²) in [6, 6.07) is 23.7. The molecule has 1 N–H and O–H groups in total. The number of nitrogens with zero attached hydrogens (tertiary/aromatic N) is 4. The van der Waals surface area contributed by atoms with Gasteiger partial charge in [0.2, 0.25) is 5.82 Å². The van der Waals surface area contributed by atoms with E-state index < -0.39 is 0 Å². The van der Waals surface area contributed by atoms with Crippen molar-refractivity contribution in [3.63, 3.8) is 0 Å². The Morgan fingerprint density at radius 2 is 1.58 bits per heavy atom. The SMILES string of the molecule is c1ccc(CCNc2ccc(-c3nc(-c4ccccc4)no3)nn2)cc1. The summed E-state index contributed by atoms with van der Waals surface area (Å²) in [6.45, 7) is 0.788. The average Bonchev–Trinajstić information content (AvgIpc) is 3.20. The molecule has 6 nitrogen and oxygen atoms in total. The third-order valence-electron chi connectivity index (χ3n) is 3.90. The van der Waals surface area contributed by atoms with Crippen LogP contribution >= 0.6 is 0 Å². The van der Waals surface area contributed by atoms with Gasteiger partial charge in [-0.15, -0.1) is 10.2 Å². The highest BCUT2D eigenvalue weighted by molar-refractivity contribution is 5.57. The lowest BCUT2D eigenvalue weighted by Crippen LogP contribution is -2.07. The molecule has 0 atom stereocenters. The maximum absolute atomic E-state index is 5.30. The minimum Gasteiger partial charge on any atom is -0.368 e. The molecule has 4 rings (SSSR count). The summed E-state index contributed by atoms with van der Waals surface area (Å²) in [4.78, 5) is 4.38. The Bertz CT molecular complexity index is 952. The molecule has 2 aromatic heterocycles. The summed E-state index contributed by atoms with van der Waals surface area (Å²) in [7, 11) is 0. The Hall–Kier alpha value is -3.54. The van der Waals surface area contributed by atoms with Gasteiger partial charge in [-0.1, -0.05) is 65.8 Å². The van der Waals surface area contributed by atoms with E-state index in [0.29, 0.717) is 23.2 Å². The van der Waals surface area contributed by atoms with Crippen LogP contribution in [-0.4, -0.2) is 26.9 Å². The molecule has 0 aliphatic heterocycles. The molecule has 0 bridgehead atoms. The molecule has 0 fully saturated rings. The summed E-state index contributed by atoms with van der Waals surface area (Å²) >= 11 is 0. The van der Waals surface area contributed by atoms with Crippen molar-refractivity contribution in [3.8, 4) is 23.0 Å². The Morgan fingerprint density at radius 3 is 2.31 bits per heavy atom. The Labute approximate surface area is 150 Å². The zero-order valence-corrected chi connectivity index (χ0v) is 14.0. The van der Waals surface area contributed by atoms with Crippen molar-refractivity contribution in [2.75, 3.05) is 11.9 Å². The standard InChI is InChI=1S/C20H17N5O/c1-3-7-15(8-4-1)13-14-21-18-12-11-17(23-24-18)20-22-19(25-26-20)16-9-5-2-6-10-16/h1-12H,13-14H2,(H,21,24). The average molecular weight is 343 g/mol. The first kappa shape index (κ1) is 16.0. The lowest BCUT2D eigenvalue weighted by molar-refractivity contribution is 0.430. The molecule has 6 heteroatoms. The van der Waals surface area contributed by atoms with Crippen LogP contribution in [0.1, 0.15) is 5.56 Å². The van der Waals surface area contributed by atoms with Crippen molar-refractivity contribution in [3.05, 3.63) is 78.4 Å². The van der Waals surface area contributed by atoms with E-state index in [1.807, 2.05) is 60.7 Å². The second kappa shape index (κ2) is 7.57. The minimum absolute atomic E-state index is 0.354. The summed E-state index contributed by atoms with van der Waals surface area (Å²) < 4.78 is 5.30. The van der Waals surface area contributed by atoms with E-state index in [0.717, 1.165) is 18.5 Å². The van der Waals surface area contributed by atoms with Gasteiger partial charge in [0, 0.05) is 12.1 Å². The summed E-state index contributed by atoms with van der Waals surface area (Å²) in [6.07, 6.45) is 0.925. The van der Waals surface area contributed by atoms with E-state index in [4.69, 9.17) is 4.52 Å². The van der Waals surface area contributed by atoms with Crippen molar-refractivity contribution in [2.45, 2.75) is 6.42 Å². The van der Waals surface area contributed by atoms with Crippen LogP contribution in [0.2, 0.25) is 0 Å². The number of hydrogen-bond donors (Lipinski definition) is 1. The van der Waals surface area contributed by atoms with E-state index >= 15 is 0 Å².